The summed E-state index contributed by atoms with van der Waals surface area (Å²) in [6.45, 7) is 5.65. The first-order valence-electron chi connectivity index (χ1n) is 6.72. The molecule has 0 amide bonds. The van der Waals surface area contributed by atoms with E-state index in [1.54, 1.807) is 0 Å². The zero-order valence-corrected chi connectivity index (χ0v) is 12.0. The van der Waals surface area contributed by atoms with Crippen LogP contribution in [0.5, 0.6) is 0 Å². The van der Waals surface area contributed by atoms with Gasteiger partial charge in [-0.15, -0.1) is 0 Å². The highest BCUT2D eigenvalue weighted by Gasteiger charge is 2.24. The first kappa shape index (κ1) is 13.5. The Labute approximate surface area is 115 Å². The van der Waals surface area contributed by atoms with Crippen molar-refractivity contribution >= 4 is 17.2 Å². The normalized spacial score (nSPS) is 25.0. The third kappa shape index (κ3) is 3.09. The minimum absolute atomic E-state index is 0.483. The van der Waals surface area contributed by atoms with Crippen molar-refractivity contribution in [2.24, 2.45) is 5.73 Å². The summed E-state index contributed by atoms with van der Waals surface area (Å²) in [7, 11) is 0. The van der Waals surface area contributed by atoms with Gasteiger partial charge in [0.1, 0.15) is 4.99 Å². The summed E-state index contributed by atoms with van der Waals surface area (Å²) in [5, 5.41) is 0. The summed E-state index contributed by atoms with van der Waals surface area (Å²) in [5.74, 6) is 0. The molecule has 0 unspecified atom stereocenters. The van der Waals surface area contributed by atoms with Crippen LogP contribution in [-0.4, -0.2) is 22.0 Å². The van der Waals surface area contributed by atoms with E-state index in [2.05, 4.69) is 30.9 Å². The van der Waals surface area contributed by atoms with Gasteiger partial charge in [0.15, 0.2) is 0 Å². The van der Waals surface area contributed by atoms with Crippen molar-refractivity contribution in [3.05, 3.63) is 35.4 Å². The fraction of sp³-hybridized carbons (Fsp3) is 0.533. The van der Waals surface area contributed by atoms with Crippen molar-refractivity contribution in [1.29, 1.82) is 0 Å². The number of hydrogen-bond donors (Lipinski definition) is 1. The average Bonchev–Trinajstić information content (AvgIpc) is 2.34. The van der Waals surface area contributed by atoms with Crippen LogP contribution in [-0.2, 0) is 6.54 Å². The summed E-state index contributed by atoms with van der Waals surface area (Å²) in [6, 6.07) is 9.65. The quantitative estimate of drug-likeness (QED) is 0.849. The molecule has 2 rings (SSSR count). The number of thiocarbonyl (C=S) groups is 1. The molecule has 1 saturated heterocycles. The lowest BCUT2D eigenvalue weighted by molar-refractivity contribution is 0.0953. The molecular formula is C15H22N2S. The highest BCUT2D eigenvalue weighted by molar-refractivity contribution is 7.80. The molecule has 0 aromatic heterocycles. The fourth-order valence-corrected chi connectivity index (χ4v) is 2.95. The lowest BCUT2D eigenvalue weighted by atomic mass is 9.96. The van der Waals surface area contributed by atoms with Crippen molar-refractivity contribution < 1.29 is 0 Å². The molecule has 0 saturated carbocycles. The van der Waals surface area contributed by atoms with Gasteiger partial charge in [-0.25, -0.2) is 0 Å². The van der Waals surface area contributed by atoms with Crippen LogP contribution in [0.1, 0.15) is 44.2 Å². The van der Waals surface area contributed by atoms with Crippen LogP contribution in [0.4, 0.5) is 0 Å². The maximum Gasteiger partial charge on any atom is 0.103 e. The molecule has 1 heterocycles. The number of rotatable bonds is 3. The summed E-state index contributed by atoms with van der Waals surface area (Å²) in [6.07, 6.45) is 3.96. The Bertz CT molecular complexity index is 420. The monoisotopic (exact) mass is 262 g/mol. The molecular weight excluding hydrogens is 240 g/mol. The lowest BCUT2D eigenvalue weighted by Gasteiger charge is -2.39. The number of nitrogens with two attached hydrogens (primary N) is 1. The predicted octanol–water partition coefficient (Wildman–Crippen LogP) is 3.08. The Morgan fingerprint density at radius 2 is 2.00 bits per heavy atom. The SMILES string of the molecule is C[C@@H]1CCC[C@H](C)N1Cc1cccc(C(N)=S)c1. The molecule has 1 fully saturated rings. The standard InChI is InChI=1S/C15H22N2S/c1-11-5-3-6-12(2)17(11)10-13-7-4-8-14(9-13)15(16)18/h4,7-9,11-12H,3,5-6,10H2,1-2H3,(H2,16,18)/t11-,12+. The molecule has 1 aliphatic heterocycles. The van der Waals surface area contributed by atoms with E-state index in [1.807, 2.05) is 12.1 Å². The van der Waals surface area contributed by atoms with E-state index in [-0.39, 0.29) is 0 Å². The second-order valence-corrected chi connectivity index (χ2v) is 5.81. The largest absolute Gasteiger partial charge is 0.389 e. The molecule has 2 nitrogen and oxygen atoms in total. The van der Waals surface area contributed by atoms with Crippen LogP contribution in [0.25, 0.3) is 0 Å². The first-order chi connectivity index (χ1) is 8.58. The van der Waals surface area contributed by atoms with Gasteiger partial charge in [0.05, 0.1) is 0 Å². The van der Waals surface area contributed by atoms with Gasteiger partial charge in [-0.3, -0.25) is 4.90 Å². The number of piperidine rings is 1. The molecule has 2 N–H and O–H groups in total. The number of nitrogens with zero attached hydrogens (tertiary/aromatic N) is 1. The zero-order valence-electron chi connectivity index (χ0n) is 11.2. The van der Waals surface area contributed by atoms with Crippen LogP contribution < -0.4 is 5.73 Å². The Hall–Kier alpha value is -0.930. The summed E-state index contributed by atoms with van der Waals surface area (Å²) < 4.78 is 0. The van der Waals surface area contributed by atoms with Crippen LogP contribution in [0.3, 0.4) is 0 Å². The van der Waals surface area contributed by atoms with Crippen molar-refractivity contribution in [3.8, 4) is 0 Å². The van der Waals surface area contributed by atoms with Crippen molar-refractivity contribution in [2.45, 2.75) is 51.7 Å². The highest BCUT2D eigenvalue weighted by atomic mass is 32.1. The summed E-state index contributed by atoms with van der Waals surface area (Å²) in [5.41, 5.74) is 7.97. The Morgan fingerprint density at radius 3 is 2.61 bits per heavy atom. The van der Waals surface area contributed by atoms with Gasteiger partial charge in [-0.05, 0) is 38.3 Å². The lowest BCUT2D eigenvalue weighted by Crippen LogP contribution is -2.42. The summed E-state index contributed by atoms with van der Waals surface area (Å²) in [4.78, 5) is 3.07. The Morgan fingerprint density at radius 1 is 1.33 bits per heavy atom. The van der Waals surface area contributed by atoms with Crippen LogP contribution in [0, 0.1) is 0 Å². The Balaban J connectivity index is 2.12. The molecule has 0 aliphatic carbocycles. The minimum Gasteiger partial charge on any atom is -0.389 e. The van der Waals surface area contributed by atoms with E-state index in [0.29, 0.717) is 17.1 Å². The zero-order chi connectivity index (χ0) is 13.1. The molecule has 1 aromatic carbocycles. The van der Waals surface area contributed by atoms with Gasteiger partial charge in [0.2, 0.25) is 0 Å². The number of hydrogen-bond acceptors (Lipinski definition) is 2. The van der Waals surface area contributed by atoms with Crippen LogP contribution in [0.2, 0.25) is 0 Å². The van der Waals surface area contributed by atoms with Crippen LogP contribution >= 0.6 is 12.2 Å². The Kier molecular flexibility index (Phi) is 4.36. The molecule has 0 spiro atoms. The first-order valence-corrected chi connectivity index (χ1v) is 7.13. The van der Waals surface area contributed by atoms with E-state index in [4.69, 9.17) is 18.0 Å². The summed E-state index contributed by atoms with van der Waals surface area (Å²) >= 11 is 5.04. The van der Waals surface area contributed by atoms with E-state index in [1.165, 1.54) is 24.8 Å². The molecule has 3 heteroatoms. The third-order valence-corrected chi connectivity index (χ3v) is 4.19. The number of benzene rings is 1. The second kappa shape index (κ2) is 5.81. The van der Waals surface area contributed by atoms with E-state index < -0.39 is 0 Å². The van der Waals surface area contributed by atoms with Gasteiger partial charge in [0.25, 0.3) is 0 Å². The topological polar surface area (TPSA) is 29.3 Å². The van der Waals surface area contributed by atoms with E-state index in [0.717, 1.165) is 12.1 Å². The molecule has 18 heavy (non-hydrogen) atoms. The molecule has 98 valence electrons. The van der Waals surface area contributed by atoms with Gasteiger partial charge >= 0.3 is 0 Å². The highest BCUT2D eigenvalue weighted by Crippen LogP contribution is 2.24. The molecule has 0 radical (unpaired) electrons. The maximum absolute atomic E-state index is 5.69. The third-order valence-electron chi connectivity index (χ3n) is 3.95. The van der Waals surface area contributed by atoms with Crippen LogP contribution in [0.15, 0.2) is 24.3 Å². The second-order valence-electron chi connectivity index (χ2n) is 5.37. The molecule has 2 atom stereocenters. The van der Waals surface area contributed by atoms with Crippen molar-refractivity contribution in [1.82, 2.24) is 4.90 Å². The fourth-order valence-electron chi connectivity index (χ4n) is 2.82. The van der Waals surface area contributed by atoms with E-state index in [9.17, 15) is 0 Å². The average molecular weight is 262 g/mol. The smallest absolute Gasteiger partial charge is 0.103 e. The maximum atomic E-state index is 5.69. The molecule has 1 aliphatic rings. The van der Waals surface area contributed by atoms with Gasteiger partial charge in [0, 0.05) is 24.2 Å². The molecule has 1 aromatic rings. The van der Waals surface area contributed by atoms with E-state index >= 15 is 0 Å². The minimum atomic E-state index is 0.483. The van der Waals surface area contributed by atoms with Gasteiger partial charge < -0.3 is 5.73 Å². The van der Waals surface area contributed by atoms with Crippen molar-refractivity contribution in [3.63, 3.8) is 0 Å². The number of likely N-dealkylation sites (tertiary alicyclic amines) is 1. The van der Waals surface area contributed by atoms with Crippen molar-refractivity contribution in [2.75, 3.05) is 0 Å². The van der Waals surface area contributed by atoms with Gasteiger partial charge in [-0.1, -0.05) is 36.8 Å². The molecule has 0 bridgehead atoms. The predicted molar refractivity (Wildman–Crippen MR) is 80.6 cm³/mol. The van der Waals surface area contributed by atoms with Gasteiger partial charge in [-0.2, -0.15) is 0 Å².